The zero-order valence-electron chi connectivity index (χ0n) is 21.8. The predicted molar refractivity (Wildman–Crippen MR) is 146 cm³/mol. The van der Waals surface area contributed by atoms with Crippen LogP contribution in [0.5, 0.6) is 5.75 Å². The molecule has 4 aromatic rings. The molecule has 5 rings (SSSR count). The number of hydrogen-bond acceptors (Lipinski definition) is 5. The molecule has 0 spiro atoms. The Morgan fingerprint density at radius 3 is 2.39 bits per heavy atom. The lowest BCUT2D eigenvalue weighted by Gasteiger charge is -2.24. The number of aromatic nitrogens is 1. The maximum atomic E-state index is 15.5. The summed E-state index contributed by atoms with van der Waals surface area (Å²) in [7, 11) is 1.26. The standard InChI is InChI=1S/C30H23F5N2O3S/c1-16-19(14-20-21(30(33,34)35)11-7-12-22(20)31)29-37(23(15-41-29)27(36-39)17-8-4-3-5-9-17)28(38)25(16)18-10-6-13-24(40-2)26(18)32/h3-13,23,27H,14-15H2,1-2H3. The molecule has 212 valence electrons. The first-order valence-electron chi connectivity index (χ1n) is 12.5. The summed E-state index contributed by atoms with van der Waals surface area (Å²) >= 11 is 1.17. The van der Waals surface area contributed by atoms with Crippen molar-refractivity contribution < 1.29 is 26.7 Å². The van der Waals surface area contributed by atoms with Crippen LogP contribution in [-0.2, 0) is 12.6 Å². The Labute approximate surface area is 236 Å². The first kappa shape index (κ1) is 28.5. The molecule has 0 radical (unpaired) electrons. The molecule has 1 aromatic heterocycles. The highest BCUT2D eigenvalue weighted by Crippen LogP contribution is 2.46. The second-order valence-electron chi connectivity index (χ2n) is 9.56. The summed E-state index contributed by atoms with van der Waals surface area (Å²) in [5.41, 5.74) is -1.66. The van der Waals surface area contributed by atoms with Crippen LogP contribution in [0.25, 0.3) is 11.1 Å². The topological polar surface area (TPSA) is 60.7 Å². The molecule has 3 aromatic carbocycles. The second kappa shape index (κ2) is 11.1. The third kappa shape index (κ3) is 5.03. The van der Waals surface area contributed by atoms with Gasteiger partial charge in [-0.25, -0.2) is 8.78 Å². The lowest BCUT2D eigenvalue weighted by atomic mass is 9.91. The van der Waals surface area contributed by atoms with Gasteiger partial charge in [-0.05, 0) is 41.8 Å². The van der Waals surface area contributed by atoms with Crippen LogP contribution in [0.15, 0.2) is 81.7 Å². The molecule has 1 aliphatic heterocycles. The van der Waals surface area contributed by atoms with Gasteiger partial charge < -0.3 is 4.74 Å². The Bertz CT molecular complexity index is 1690. The van der Waals surface area contributed by atoms with Gasteiger partial charge in [-0.2, -0.15) is 18.1 Å². The highest BCUT2D eigenvalue weighted by atomic mass is 32.2. The van der Waals surface area contributed by atoms with Crippen molar-refractivity contribution in [3.8, 4) is 16.9 Å². The Morgan fingerprint density at radius 2 is 1.73 bits per heavy atom. The molecule has 2 heterocycles. The van der Waals surface area contributed by atoms with Gasteiger partial charge >= 0.3 is 6.18 Å². The number of thioether (sulfide) groups is 1. The average Bonchev–Trinajstić information content (AvgIpc) is 3.38. The van der Waals surface area contributed by atoms with Gasteiger partial charge in [0.2, 0.25) is 0 Å². The number of methoxy groups -OCH3 is 1. The largest absolute Gasteiger partial charge is 0.494 e. The maximum Gasteiger partial charge on any atom is 0.416 e. The van der Waals surface area contributed by atoms with E-state index >= 15 is 4.39 Å². The van der Waals surface area contributed by atoms with Gasteiger partial charge in [0.1, 0.15) is 11.9 Å². The molecule has 41 heavy (non-hydrogen) atoms. The third-order valence-corrected chi connectivity index (χ3v) is 8.53. The first-order valence-corrected chi connectivity index (χ1v) is 13.5. The lowest BCUT2D eigenvalue weighted by Crippen LogP contribution is -2.30. The van der Waals surface area contributed by atoms with Gasteiger partial charge in [0.05, 0.1) is 29.3 Å². The monoisotopic (exact) mass is 586 g/mol. The Balaban J connectivity index is 1.81. The summed E-state index contributed by atoms with van der Waals surface area (Å²) in [5.74, 6) is -1.83. The summed E-state index contributed by atoms with van der Waals surface area (Å²) in [4.78, 5) is 26.3. The minimum absolute atomic E-state index is 0.116. The predicted octanol–water partition coefficient (Wildman–Crippen LogP) is 7.87. The molecule has 0 saturated carbocycles. The summed E-state index contributed by atoms with van der Waals surface area (Å²) in [5, 5.41) is 3.58. The number of nitroso groups, excluding NO2 is 1. The van der Waals surface area contributed by atoms with Gasteiger partial charge in [0.25, 0.3) is 5.56 Å². The molecule has 2 unspecified atom stereocenters. The first-order chi connectivity index (χ1) is 19.6. The minimum atomic E-state index is -4.84. The van der Waals surface area contributed by atoms with E-state index in [9.17, 15) is 27.3 Å². The fourth-order valence-corrected chi connectivity index (χ4v) is 6.75. The van der Waals surface area contributed by atoms with Crippen molar-refractivity contribution in [2.75, 3.05) is 12.9 Å². The van der Waals surface area contributed by atoms with Crippen LogP contribution < -0.4 is 10.3 Å². The lowest BCUT2D eigenvalue weighted by molar-refractivity contribution is -0.138. The molecular weight excluding hydrogens is 563 g/mol. The van der Waals surface area contributed by atoms with Crippen LogP contribution >= 0.6 is 11.8 Å². The van der Waals surface area contributed by atoms with Crippen LogP contribution in [0.1, 0.15) is 39.9 Å². The summed E-state index contributed by atoms with van der Waals surface area (Å²) in [6.07, 6.45) is -5.36. The van der Waals surface area contributed by atoms with Crippen LogP contribution in [0.4, 0.5) is 22.0 Å². The molecule has 0 N–H and O–H groups in total. The van der Waals surface area contributed by atoms with E-state index in [0.717, 1.165) is 18.2 Å². The van der Waals surface area contributed by atoms with E-state index < -0.39 is 53.0 Å². The molecule has 2 atom stereocenters. The van der Waals surface area contributed by atoms with Crippen molar-refractivity contribution in [1.82, 2.24) is 4.57 Å². The third-order valence-electron chi connectivity index (χ3n) is 7.31. The SMILES string of the molecule is COc1cccc(-c2c(C)c(Cc3c(F)cccc3C(F)(F)F)c3n(c2=O)C(C(N=O)c2ccccc2)CS3)c1F. The number of rotatable bonds is 7. The smallest absolute Gasteiger partial charge is 0.416 e. The number of ether oxygens (including phenoxy) is 1. The molecule has 11 heteroatoms. The molecular formula is C30H23F5N2O3S. The van der Waals surface area contributed by atoms with E-state index in [1.165, 1.54) is 48.6 Å². The number of hydrogen-bond donors (Lipinski definition) is 0. The van der Waals surface area contributed by atoms with Crippen molar-refractivity contribution in [1.29, 1.82) is 0 Å². The zero-order chi connectivity index (χ0) is 29.5. The van der Waals surface area contributed by atoms with Crippen LogP contribution in [0.3, 0.4) is 0 Å². The molecule has 0 bridgehead atoms. The zero-order valence-corrected chi connectivity index (χ0v) is 22.7. The number of halogens is 5. The molecule has 0 amide bonds. The van der Waals surface area contributed by atoms with Crippen LogP contribution in [0, 0.1) is 23.5 Å². The molecule has 0 fully saturated rings. The summed E-state index contributed by atoms with van der Waals surface area (Å²) in [6, 6.07) is 13.7. The van der Waals surface area contributed by atoms with E-state index in [1.54, 1.807) is 30.3 Å². The molecule has 0 aliphatic carbocycles. The van der Waals surface area contributed by atoms with Gasteiger partial charge in [-0.15, -0.1) is 11.8 Å². The van der Waals surface area contributed by atoms with Gasteiger partial charge in [0.15, 0.2) is 11.6 Å². The average molecular weight is 587 g/mol. The summed E-state index contributed by atoms with van der Waals surface area (Å²) in [6.45, 7) is 1.50. The molecule has 1 aliphatic rings. The van der Waals surface area contributed by atoms with Crippen molar-refractivity contribution in [3.05, 3.63) is 121 Å². The highest BCUT2D eigenvalue weighted by Gasteiger charge is 2.39. The Kier molecular flexibility index (Phi) is 7.74. The van der Waals surface area contributed by atoms with Crippen molar-refractivity contribution in [2.45, 2.75) is 36.6 Å². The van der Waals surface area contributed by atoms with E-state index in [2.05, 4.69) is 5.18 Å². The van der Waals surface area contributed by atoms with E-state index in [1.807, 2.05) is 0 Å². The van der Waals surface area contributed by atoms with Crippen molar-refractivity contribution in [3.63, 3.8) is 0 Å². The highest BCUT2D eigenvalue weighted by molar-refractivity contribution is 7.99. The van der Waals surface area contributed by atoms with Crippen LogP contribution in [0.2, 0.25) is 0 Å². The van der Waals surface area contributed by atoms with Crippen molar-refractivity contribution in [2.24, 2.45) is 5.18 Å². The Morgan fingerprint density at radius 1 is 1.02 bits per heavy atom. The maximum absolute atomic E-state index is 15.5. The van der Waals surface area contributed by atoms with Gasteiger partial charge in [-0.1, -0.05) is 53.7 Å². The molecule has 5 nitrogen and oxygen atoms in total. The minimum Gasteiger partial charge on any atom is -0.494 e. The van der Waals surface area contributed by atoms with Crippen molar-refractivity contribution >= 4 is 11.8 Å². The number of benzene rings is 3. The van der Waals surface area contributed by atoms with E-state index in [-0.39, 0.29) is 38.8 Å². The number of alkyl halides is 3. The summed E-state index contributed by atoms with van der Waals surface area (Å²) < 4.78 is 78.7. The van der Waals surface area contributed by atoms with E-state index in [0.29, 0.717) is 5.56 Å². The van der Waals surface area contributed by atoms with Gasteiger partial charge in [-0.3, -0.25) is 9.36 Å². The normalized spacial score (nSPS) is 15.4. The second-order valence-corrected chi connectivity index (χ2v) is 10.6. The quantitative estimate of drug-likeness (QED) is 0.163. The fraction of sp³-hybridized carbons (Fsp3) is 0.233. The number of pyridine rings is 1. The number of fused-ring (bicyclic) bond motifs is 1. The fourth-order valence-electron chi connectivity index (χ4n) is 5.33. The van der Waals surface area contributed by atoms with Gasteiger partial charge in [0, 0.05) is 23.3 Å². The van der Waals surface area contributed by atoms with Crippen LogP contribution in [-0.4, -0.2) is 17.4 Å². The molecule has 0 saturated heterocycles. The number of nitrogens with zero attached hydrogens (tertiary/aromatic N) is 2. The Hall–Kier alpha value is -3.99. The van der Waals surface area contributed by atoms with E-state index in [4.69, 9.17) is 4.74 Å².